The SMILES string of the molecule is CN(C(=O)NCc1ccco1)[C@@H]1CCCN(c2ccccc2)C1=O. The van der Waals surface area contributed by atoms with E-state index in [1.165, 1.54) is 4.90 Å². The Morgan fingerprint density at radius 3 is 2.79 bits per heavy atom. The minimum Gasteiger partial charge on any atom is -0.467 e. The molecule has 24 heavy (non-hydrogen) atoms. The van der Waals surface area contributed by atoms with Crippen LogP contribution in [0, 0.1) is 0 Å². The first kappa shape index (κ1) is 16.1. The molecular formula is C18H21N3O3. The van der Waals surface area contributed by atoms with Crippen LogP contribution in [0.25, 0.3) is 0 Å². The van der Waals surface area contributed by atoms with Gasteiger partial charge in [-0.2, -0.15) is 0 Å². The van der Waals surface area contributed by atoms with Gasteiger partial charge in [0.1, 0.15) is 11.8 Å². The van der Waals surface area contributed by atoms with Crippen LogP contribution in [0.2, 0.25) is 0 Å². The summed E-state index contributed by atoms with van der Waals surface area (Å²) in [6, 6.07) is 12.4. The highest BCUT2D eigenvalue weighted by molar-refractivity contribution is 5.99. The van der Waals surface area contributed by atoms with Crippen LogP contribution in [0.15, 0.2) is 53.1 Å². The lowest BCUT2D eigenvalue weighted by Crippen LogP contribution is -2.55. The molecule has 0 spiro atoms. The molecule has 6 heteroatoms. The van der Waals surface area contributed by atoms with Crippen LogP contribution in [-0.4, -0.2) is 36.5 Å². The fourth-order valence-corrected chi connectivity index (χ4v) is 2.92. The van der Waals surface area contributed by atoms with E-state index in [2.05, 4.69) is 5.32 Å². The summed E-state index contributed by atoms with van der Waals surface area (Å²) in [7, 11) is 1.66. The van der Waals surface area contributed by atoms with E-state index in [9.17, 15) is 9.59 Å². The Morgan fingerprint density at radius 1 is 1.29 bits per heavy atom. The van der Waals surface area contributed by atoms with E-state index >= 15 is 0 Å². The molecule has 1 fully saturated rings. The molecule has 1 N–H and O–H groups in total. The minimum atomic E-state index is -0.449. The summed E-state index contributed by atoms with van der Waals surface area (Å²) < 4.78 is 5.20. The van der Waals surface area contributed by atoms with E-state index in [1.807, 2.05) is 30.3 Å². The van der Waals surface area contributed by atoms with Crippen molar-refractivity contribution in [2.24, 2.45) is 0 Å². The van der Waals surface area contributed by atoms with Crippen molar-refractivity contribution in [1.29, 1.82) is 0 Å². The van der Waals surface area contributed by atoms with Gasteiger partial charge in [-0.1, -0.05) is 18.2 Å². The van der Waals surface area contributed by atoms with E-state index in [0.717, 1.165) is 12.1 Å². The number of anilines is 1. The van der Waals surface area contributed by atoms with E-state index in [-0.39, 0.29) is 11.9 Å². The van der Waals surface area contributed by atoms with Crippen LogP contribution in [0.1, 0.15) is 18.6 Å². The molecular weight excluding hydrogens is 306 g/mol. The van der Waals surface area contributed by atoms with Crippen molar-refractivity contribution in [2.45, 2.75) is 25.4 Å². The number of carbonyl (C=O) groups excluding carboxylic acids is 2. The predicted molar refractivity (Wildman–Crippen MR) is 90.5 cm³/mol. The molecule has 1 aliphatic heterocycles. The maximum absolute atomic E-state index is 12.8. The van der Waals surface area contributed by atoms with Gasteiger partial charge in [-0.25, -0.2) is 4.79 Å². The molecule has 2 heterocycles. The van der Waals surface area contributed by atoms with Crippen LogP contribution in [0.5, 0.6) is 0 Å². The fourth-order valence-electron chi connectivity index (χ4n) is 2.92. The van der Waals surface area contributed by atoms with Crippen LogP contribution in [-0.2, 0) is 11.3 Å². The highest BCUT2D eigenvalue weighted by Crippen LogP contribution is 2.23. The number of hydrogen-bond acceptors (Lipinski definition) is 3. The zero-order chi connectivity index (χ0) is 16.9. The third-order valence-corrected chi connectivity index (χ3v) is 4.26. The van der Waals surface area contributed by atoms with Crippen LogP contribution in [0.4, 0.5) is 10.5 Å². The number of para-hydroxylation sites is 1. The number of rotatable bonds is 4. The Morgan fingerprint density at radius 2 is 2.08 bits per heavy atom. The second kappa shape index (κ2) is 7.21. The topological polar surface area (TPSA) is 65.8 Å². The summed E-state index contributed by atoms with van der Waals surface area (Å²) in [5.41, 5.74) is 0.872. The van der Waals surface area contributed by atoms with E-state index in [4.69, 9.17) is 4.42 Å². The molecule has 1 aromatic heterocycles. The Kier molecular flexibility index (Phi) is 4.84. The number of furan rings is 1. The van der Waals surface area contributed by atoms with Gasteiger partial charge in [0.2, 0.25) is 5.91 Å². The lowest BCUT2D eigenvalue weighted by Gasteiger charge is -2.36. The molecule has 1 aliphatic rings. The number of piperidine rings is 1. The maximum atomic E-state index is 12.8. The lowest BCUT2D eigenvalue weighted by molar-refractivity contribution is -0.123. The van der Waals surface area contributed by atoms with Crippen molar-refractivity contribution >= 4 is 17.6 Å². The highest BCUT2D eigenvalue weighted by Gasteiger charge is 2.34. The quantitative estimate of drug-likeness (QED) is 0.939. The second-order valence-electron chi connectivity index (χ2n) is 5.83. The predicted octanol–water partition coefficient (Wildman–Crippen LogP) is 2.62. The molecule has 6 nitrogen and oxygen atoms in total. The maximum Gasteiger partial charge on any atom is 0.318 e. The smallest absolute Gasteiger partial charge is 0.318 e. The molecule has 0 saturated carbocycles. The van der Waals surface area contributed by atoms with E-state index in [0.29, 0.717) is 25.3 Å². The number of carbonyl (C=O) groups is 2. The molecule has 0 aliphatic carbocycles. The number of amides is 3. The van der Waals surface area contributed by atoms with Gasteiger partial charge < -0.3 is 19.5 Å². The standard InChI is InChI=1S/C18H21N3O3/c1-20(18(23)19-13-15-9-6-12-24-15)16-10-5-11-21(17(16)22)14-7-3-2-4-8-14/h2-4,6-9,12,16H,5,10-11,13H2,1H3,(H,19,23)/t16-/m1/s1. The van der Waals surface area contributed by atoms with Crippen LogP contribution >= 0.6 is 0 Å². The highest BCUT2D eigenvalue weighted by atomic mass is 16.3. The zero-order valence-electron chi connectivity index (χ0n) is 13.6. The average molecular weight is 327 g/mol. The van der Waals surface area contributed by atoms with Crippen molar-refractivity contribution in [3.8, 4) is 0 Å². The molecule has 0 bridgehead atoms. The largest absolute Gasteiger partial charge is 0.467 e. The number of urea groups is 1. The molecule has 3 amide bonds. The first-order valence-corrected chi connectivity index (χ1v) is 8.06. The van der Waals surface area contributed by atoms with Gasteiger partial charge in [-0.05, 0) is 37.1 Å². The third kappa shape index (κ3) is 3.42. The summed E-state index contributed by atoms with van der Waals surface area (Å²) >= 11 is 0. The summed E-state index contributed by atoms with van der Waals surface area (Å²) in [6.07, 6.45) is 3.10. The van der Waals surface area contributed by atoms with Gasteiger partial charge in [0.15, 0.2) is 0 Å². The molecule has 1 atom stereocenters. The van der Waals surface area contributed by atoms with Crippen molar-refractivity contribution in [1.82, 2.24) is 10.2 Å². The van der Waals surface area contributed by atoms with Crippen LogP contribution in [0.3, 0.4) is 0 Å². The molecule has 0 unspecified atom stereocenters. The Bertz CT molecular complexity index is 685. The minimum absolute atomic E-state index is 0.0388. The monoisotopic (exact) mass is 327 g/mol. The van der Waals surface area contributed by atoms with Crippen molar-refractivity contribution in [3.05, 3.63) is 54.5 Å². The Labute approximate surface area is 141 Å². The fraction of sp³-hybridized carbons (Fsp3) is 0.333. The first-order chi connectivity index (χ1) is 11.7. The number of nitrogens with one attached hydrogen (secondary N) is 1. The first-order valence-electron chi connectivity index (χ1n) is 8.06. The number of hydrogen-bond donors (Lipinski definition) is 1. The summed E-state index contributed by atoms with van der Waals surface area (Å²) in [5, 5.41) is 2.78. The van der Waals surface area contributed by atoms with Gasteiger partial charge in [-0.3, -0.25) is 4.79 Å². The number of nitrogens with zero attached hydrogens (tertiary/aromatic N) is 2. The third-order valence-electron chi connectivity index (χ3n) is 4.26. The molecule has 0 radical (unpaired) electrons. The molecule has 126 valence electrons. The molecule has 1 saturated heterocycles. The summed E-state index contributed by atoms with van der Waals surface area (Å²) in [5.74, 6) is 0.640. The zero-order valence-corrected chi connectivity index (χ0v) is 13.6. The average Bonchev–Trinajstić information content (AvgIpc) is 3.13. The Balaban J connectivity index is 1.64. The Hall–Kier alpha value is -2.76. The lowest BCUT2D eigenvalue weighted by atomic mass is 10.0. The van der Waals surface area contributed by atoms with Gasteiger partial charge in [0.05, 0.1) is 12.8 Å². The van der Waals surface area contributed by atoms with E-state index < -0.39 is 6.04 Å². The van der Waals surface area contributed by atoms with Crippen molar-refractivity contribution in [3.63, 3.8) is 0 Å². The van der Waals surface area contributed by atoms with E-state index in [1.54, 1.807) is 30.3 Å². The van der Waals surface area contributed by atoms with Gasteiger partial charge in [0, 0.05) is 19.3 Å². The van der Waals surface area contributed by atoms with Gasteiger partial charge in [-0.15, -0.1) is 0 Å². The van der Waals surface area contributed by atoms with Gasteiger partial charge >= 0.3 is 6.03 Å². The summed E-state index contributed by atoms with van der Waals surface area (Å²) in [4.78, 5) is 28.4. The number of likely N-dealkylation sites (N-methyl/N-ethyl adjacent to an activating group) is 1. The van der Waals surface area contributed by atoms with Crippen molar-refractivity contribution in [2.75, 3.05) is 18.5 Å². The molecule has 2 aromatic rings. The number of benzene rings is 1. The summed E-state index contributed by atoms with van der Waals surface area (Å²) in [6.45, 7) is 0.987. The van der Waals surface area contributed by atoms with Crippen molar-refractivity contribution < 1.29 is 14.0 Å². The molecule has 3 rings (SSSR count). The molecule has 1 aromatic carbocycles. The van der Waals surface area contributed by atoms with Crippen LogP contribution < -0.4 is 10.2 Å². The normalized spacial score (nSPS) is 17.6. The van der Waals surface area contributed by atoms with Gasteiger partial charge in [0.25, 0.3) is 0 Å². The second-order valence-corrected chi connectivity index (χ2v) is 5.83.